The number of rotatable bonds is 0. The number of Topliss-reactive ketones (excluding diaryl/α,β-unsaturated/α-hetero) is 1. The van der Waals surface area contributed by atoms with E-state index in [1.807, 2.05) is 0 Å². The first-order valence-corrected chi connectivity index (χ1v) is 3.55. The highest BCUT2D eigenvalue weighted by Gasteiger charge is 2.32. The summed E-state index contributed by atoms with van der Waals surface area (Å²) in [7, 11) is 0. The van der Waals surface area contributed by atoms with Gasteiger partial charge in [-0.05, 0) is 0 Å². The minimum absolute atomic E-state index is 0.0382. The van der Waals surface area contributed by atoms with Gasteiger partial charge in [-0.15, -0.1) is 0 Å². The van der Waals surface area contributed by atoms with Gasteiger partial charge in [-0.1, -0.05) is 34.8 Å². The van der Waals surface area contributed by atoms with Gasteiger partial charge in [0, 0.05) is 0 Å². The van der Waals surface area contributed by atoms with Crippen LogP contribution in [0.15, 0.2) is 5.10 Å². The summed E-state index contributed by atoms with van der Waals surface area (Å²) >= 11 is 16.2. The van der Waals surface area contributed by atoms with E-state index in [-0.39, 0.29) is 12.3 Å². The van der Waals surface area contributed by atoms with Gasteiger partial charge < -0.3 is 0 Å². The van der Waals surface area contributed by atoms with Crippen LogP contribution in [0.3, 0.4) is 0 Å². The molecule has 1 aliphatic heterocycles. The first-order chi connectivity index (χ1) is 4.50. The maximum Gasteiger partial charge on any atom is 0.283 e. The summed E-state index contributed by atoms with van der Waals surface area (Å²) in [5.74, 6) is -0.161. The summed E-state index contributed by atoms with van der Waals surface area (Å²) in [6.45, 7) is 0.0382. The highest BCUT2D eigenvalue weighted by molar-refractivity contribution is 6.67. The molecule has 0 spiro atoms. The van der Waals surface area contributed by atoms with E-state index in [4.69, 9.17) is 34.8 Å². The topological polar surface area (TPSA) is 32.7 Å². The normalized spacial score (nSPS) is 18.7. The largest absolute Gasteiger partial charge is 0.291 e. The Morgan fingerprint density at radius 1 is 1.60 bits per heavy atom. The van der Waals surface area contributed by atoms with E-state index in [1.165, 1.54) is 0 Å². The number of hydrogen-bond acceptors (Lipinski definition) is 3. The van der Waals surface area contributed by atoms with Gasteiger partial charge in [0.1, 0.15) is 6.54 Å². The van der Waals surface area contributed by atoms with Crippen molar-refractivity contribution >= 4 is 46.8 Å². The predicted octanol–water partition coefficient (Wildman–Crippen LogP) is 1.18. The van der Waals surface area contributed by atoms with Crippen LogP contribution in [0, 0.1) is 0 Å². The Kier molecular flexibility index (Phi) is 2.08. The molecule has 0 saturated carbocycles. The second-order valence-electron chi connectivity index (χ2n) is 1.74. The van der Waals surface area contributed by atoms with Crippen LogP contribution < -0.4 is 0 Å². The zero-order valence-corrected chi connectivity index (χ0v) is 6.99. The van der Waals surface area contributed by atoms with Crippen molar-refractivity contribution in [1.82, 2.24) is 5.01 Å². The smallest absolute Gasteiger partial charge is 0.283 e. The molecule has 0 N–H and O–H groups in total. The second kappa shape index (κ2) is 2.57. The summed E-state index contributed by atoms with van der Waals surface area (Å²) in [5, 5.41) is 4.63. The van der Waals surface area contributed by atoms with E-state index in [0.29, 0.717) is 0 Å². The van der Waals surface area contributed by atoms with Crippen LogP contribution in [0.25, 0.3) is 0 Å². The lowest BCUT2D eigenvalue weighted by atomic mass is 10.4. The van der Waals surface area contributed by atoms with Crippen LogP contribution in [-0.4, -0.2) is 27.5 Å². The molecular formula is C4H3Cl3N2O. The SMILES string of the molecule is O=C1C=NN(C(Cl)(Cl)Cl)C1. The molecule has 0 radical (unpaired) electrons. The van der Waals surface area contributed by atoms with Crippen LogP contribution >= 0.6 is 34.8 Å². The third-order valence-corrected chi connectivity index (χ3v) is 1.52. The zero-order valence-electron chi connectivity index (χ0n) is 4.72. The van der Waals surface area contributed by atoms with Crippen molar-refractivity contribution in [1.29, 1.82) is 0 Å². The molecule has 0 unspecified atom stereocenters. The second-order valence-corrected chi connectivity index (χ2v) is 3.96. The van der Waals surface area contributed by atoms with Gasteiger partial charge in [0.15, 0.2) is 5.78 Å². The van der Waals surface area contributed by atoms with Gasteiger partial charge in [-0.3, -0.25) is 4.79 Å². The average molecular weight is 201 g/mol. The summed E-state index contributed by atoms with van der Waals surface area (Å²) in [6.07, 6.45) is 1.13. The van der Waals surface area contributed by atoms with Crippen molar-refractivity contribution in [2.45, 2.75) is 3.92 Å². The van der Waals surface area contributed by atoms with Gasteiger partial charge in [-0.25, -0.2) is 5.01 Å². The number of ketones is 1. The van der Waals surface area contributed by atoms with E-state index < -0.39 is 3.92 Å². The Hall–Kier alpha value is 0.01000. The quantitative estimate of drug-likeness (QED) is 0.436. The fourth-order valence-electron chi connectivity index (χ4n) is 0.518. The standard InChI is InChI=1S/C4H3Cl3N2O/c5-4(6,7)9-2-3(10)1-8-9/h1H,2H2. The van der Waals surface area contributed by atoms with Gasteiger partial charge in [-0.2, -0.15) is 5.10 Å². The maximum atomic E-state index is 10.5. The highest BCUT2D eigenvalue weighted by atomic mass is 35.6. The van der Waals surface area contributed by atoms with Gasteiger partial charge in [0.25, 0.3) is 3.92 Å². The zero-order chi connectivity index (χ0) is 7.78. The minimum Gasteiger partial charge on any atom is -0.291 e. The van der Waals surface area contributed by atoms with E-state index in [9.17, 15) is 4.79 Å². The first-order valence-electron chi connectivity index (χ1n) is 2.41. The van der Waals surface area contributed by atoms with Gasteiger partial charge in [0.05, 0.1) is 6.21 Å². The predicted molar refractivity (Wildman–Crippen MR) is 40.5 cm³/mol. The molecule has 1 aliphatic rings. The highest BCUT2D eigenvalue weighted by Crippen LogP contribution is 2.31. The van der Waals surface area contributed by atoms with Crippen molar-refractivity contribution in [3.05, 3.63) is 0 Å². The van der Waals surface area contributed by atoms with Gasteiger partial charge >= 0.3 is 0 Å². The van der Waals surface area contributed by atoms with Crippen molar-refractivity contribution in [3.8, 4) is 0 Å². The Balaban J connectivity index is 2.63. The molecule has 0 saturated heterocycles. The lowest BCUT2D eigenvalue weighted by Gasteiger charge is -2.20. The van der Waals surface area contributed by atoms with Crippen LogP contribution in [0.1, 0.15) is 0 Å². The molecule has 0 bridgehead atoms. The van der Waals surface area contributed by atoms with E-state index >= 15 is 0 Å². The number of halogens is 3. The number of hydrazone groups is 1. The van der Waals surface area contributed by atoms with E-state index in [1.54, 1.807) is 0 Å². The number of carbonyl (C=O) groups is 1. The van der Waals surface area contributed by atoms with Gasteiger partial charge in [0.2, 0.25) is 0 Å². The Morgan fingerprint density at radius 2 is 2.20 bits per heavy atom. The van der Waals surface area contributed by atoms with Crippen LogP contribution in [0.4, 0.5) is 0 Å². The average Bonchev–Trinajstić information content (AvgIpc) is 2.11. The third-order valence-electron chi connectivity index (χ3n) is 0.939. The lowest BCUT2D eigenvalue weighted by molar-refractivity contribution is -0.112. The molecule has 1 rings (SSSR count). The molecule has 0 amide bonds. The third kappa shape index (κ3) is 1.75. The van der Waals surface area contributed by atoms with Crippen molar-refractivity contribution in [2.24, 2.45) is 5.10 Å². The summed E-state index contributed by atoms with van der Waals surface area (Å²) in [6, 6.07) is 0. The Labute approximate surface area is 72.5 Å². The number of carbonyl (C=O) groups excluding carboxylic acids is 1. The fraction of sp³-hybridized carbons (Fsp3) is 0.500. The number of hydrogen-bond donors (Lipinski definition) is 0. The summed E-state index contributed by atoms with van der Waals surface area (Å²) in [4.78, 5) is 10.5. The van der Waals surface area contributed by atoms with E-state index in [2.05, 4.69) is 5.10 Å². The first kappa shape index (κ1) is 8.11. The molecule has 0 aromatic heterocycles. The fourth-order valence-corrected chi connectivity index (χ4v) is 0.829. The molecule has 1 heterocycles. The van der Waals surface area contributed by atoms with Crippen LogP contribution in [0.2, 0.25) is 0 Å². The molecule has 56 valence electrons. The van der Waals surface area contributed by atoms with Crippen molar-refractivity contribution in [2.75, 3.05) is 6.54 Å². The van der Waals surface area contributed by atoms with Crippen molar-refractivity contribution < 1.29 is 4.79 Å². The lowest BCUT2D eigenvalue weighted by Crippen LogP contribution is -2.30. The molecule has 0 fully saturated rings. The van der Waals surface area contributed by atoms with E-state index in [0.717, 1.165) is 11.2 Å². The maximum absolute atomic E-state index is 10.5. The number of nitrogens with zero attached hydrogens (tertiary/aromatic N) is 2. The Morgan fingerprint density at radius 3 is 2.40 bits per heavy atom. The molecule has 10 heavy (non-hydrogen) atoms. The molecule has 0 aromatic rings. The van der Waals surface area contributed by atoms with Crippen LogP contribution in [0.5, 0.6) is 0 Å². The monoisotopic (exact) mass is 200 g/mol. The summed E-state index contributed by atoms with van der Waals surface area (Å²) < 4.78 is -1.61. The van der Waals surface area contributed by atoms with Crippen LogP contribution in [-0.2, 0) is 4.79 Å². The minimum atomic E-state index is -1.61. The van der Waals surface area contributed by atoms with Crippen molar-refractivity contribution in [3.63, 3.8) is 0 Å². The molecule has 6 heteroatoms. The molecule has 3 nitrogen and oxygen atoms in total. The number of alkyl halides is 3. The Bertz CT molecular complexity index is 185. The summed E-state index contributed by atoms with van der Waals surface area (Å²) in [5.41, 5.74) is 0. The molecule has 0 aliphatic carbocycles. The molecule has 0 aromatic carbocycles. The molecule has 0 atom stereocenters. The molecular weight excluding hydrogens is 198 g/mol.